The SMILES string of the molecule is CC1(C)c2cc(-c3ccc(-c4ccc(-c5ccccc5)cc4)cc3)ccc2-c2ccc(N(c3ccccc3)c3ccc4ccccc4c3)cc21. The van der Waals surface area contributed by atoms with Gasteiger partial charge in [-0.2, -0.15) is 0 Å². The van der Waals surface area contributed by atoms with Gasteiger partial charge in [0, 0.05) is 22.5 Å². The lowest BCUT2D eigenvalue weighted by Gasteiger charge is -2.28. The fraction of sp³-hybridized carbons (Fsp3) is 0.0612. The Balaban J connectivity index is 1.04. The highest BCUT2D eigenvalue weighted by Gasteiger charge is 2.36. The Kier molecular flexibility index (Phi) is 7.21. The summed E-state index contributed by atoms with van der Waals surface area (Å²) in [7, 11) is 0. The number of hydrogen-bond donors (Lipinski definition) is 0. The minimum absolute atomic E-state index is 0.150. The van der Waals surface area contributed by atoms with Crippen LogP contribution in [0.15, 0.2) is 188 Å². The third kappa shape index (κ3) is 5.19. The van der Waals surface area contributed by atoms with Crippen molar-refractivity contribution in [3.05, 3.63) is 199 Å². The number of para-hydroxylation sites is 1. The largest absolute Gasteiger partial charge is 0.310 e. The second-order valence-corrected chi connectivity index (χ2v) is 13.8. The van der Waals surface area contributed by atoms with Gasteiger partial charge < -0.3 is 4.90 Å². The van der Waals surface area contributed by atoms with Gasteiger partial charge in [-0.15, -0.1) is 0 Å². The van der Waals surface area contributed by atoms with Crippen molar-refractivity contribution in [1.29, 1.82) is 0 Å². The van der Waals surface area contributed by atoms with E-state index in [4.69, 9.17) is 0 Å². The highest BCUT2D eigenvalue weighted by Crippen LogP contribution is 2.51. The molecule has 0 radical (unpaired) electrons. The number of benzene rings is 8. The van der Waals surface area contributed by atoms with Gasteiger partial charge in [-0.3, -0.25) is 0 Å². The summed E-state index contributed by atoms with van der Waals surface area (Å²) < 4.78 is 0. The highest BCUT2D eigenvalue weighted by atomic mass is 15.1. The molecule has 8 aromatic rings. The summed E-state index contributed by atoms with van der Waals surface area (Å²) in [4.78, 5) is 2.38. The first-order chi connectivity index (χ1) is 24.5. The number of hydrogen-bond acceptors (Lipinski definition) is 1. The molecule has 0 N–H and O–H groups in total. The summed E-state index contributed by atoms with van der Waals surface area (Å²) in [6.07, 6.45) is 0. The Morgan fingerprint density at radius 1 is 0.320 bits per heavy atom. The van der Waals surface area contributed by atoms with E-state index >= 15 is 0 Å². The molecule has 1 heteroatoms. The van der Waals surface area contributed by atoms with Gasteiger partial charge in [0.05, 0.1) is 0 Å². The first-order valence-corrected chi connectivity index (χ1v) is 17.4. The van der Waals surface area contributed by atoms with Crippen LogP contribution in [0.1, 0.15) is 25.0 Å². The Morgan fingerprint density at radius 2 is 0.760 bits per heavy atom. The highest BCUT2D eigenvalue weighted by molar-refractivity contribution is 5.91. The van der Waals surface area contributed by atoms with Crippen LogP contribution in [0.25, 0.3) is 55.3 Å². The zero-order chi connectivity index (χ0) is 33.7. The van der Waals surface area contributed by atoms with Gasteiger partial charge in [-0.1, -0.05) is 159 Å². The molecule has 50 heavy (non-hydrogen) atoms. The maximum absolute atomic E-state index is 2.41. The fourth-order valence-electron chi connectivity index (χ4n) is 7.73. The monoisotopic (exact) mass is 639 g/mol. The fourth-order valence-corrected chi connectivity index (χ4v) is 7.73. The number of rotatable bonds is 6. The quantitative estimate of drug-likeness (QED) is 0.175. The maximum Gasteiger partial charge on any atom is 0.0468 e. The molecule has 0 saturated carbocycles. The van der Waals surface area contributed by atoms with Crippen LogP contribution < -0.4 is 4.90 Å². The van der Waals surface area contributed by atoms with Crippen molar-refractivity contribution in [2.24, 2.45) is 0 Å². The molecule has 9 rings (SSSR count). The summed E-state index contributed by atoms with van der Waals surface area (Å²) in [5.41, 5.74) is 16.1. The lowest BCUT2D eigenvalue weighted by molar-refractivity contribution is 0.660. The van der Waals surface area contributed by atoms with E-state index in [2.05, 4.69) is 207 Å². The molecule has 0 fully saturated rings. The molecule has 0 spiro atoms. The van der Waals surface area contributed by atoms with Crippen molar-refractivity contribution >= 4 is 27.8 Å². The van der Waals surface area contributed by atoms with Crippen LogP contribution in [0.3, 0.4) is 0 Å². The molecule has 0 amide bonds. The molecule has 0 atom stereocenters. The molecule has 0 heterocycles. The molecule has 0 aliphatic heterocycles. The van der Waals surface area contributed by atoms with Crippen molar-refractivity contribution in [2.45, 2.75) is 19.3 Å². The number of fused-ring (bicyclic) bond motifs is 4. The minimum atomic E-state index is -0.150. The molecule has 0 unspecified atom stereocenters. The van der Waals surface area contributed by atoms with Crippen molar-refractivity contribution < 1.29 is 0 Å². The van der Waals surface area contributed by atoms with E-state index in [1.165, 1.54) is 72.1 Å². The third-order valence-electron chi connectivity index (χ3n) is 10.5. The normalized spacial score (nSPS) is 12.8. The second kappa shape index (κ2) is 12.1. The maximum atomic E-state index is 2.41. The summed E-state index contributed by atoms with van der Waals surface area (Å²) in [6.45, 7) is 4.74. The van der Waals surface area contributed by atoms with Crippen LogP contribution in [-0.2, 0) is 5.41 Å². The summed E-state index contributed by atoms with van der Waals surface area (Å²) in [6, 6.07) is 68.5. The van der Waals surface area contributed by atoms with Crippen LogP contribution in [0.5, 0.6) is 0 Å². The zero-order valence-corrected chi connectivity index (χ0v) is 28.3. The van der Waals surface area contributed by atoms with Crippen molar-refractivity contribution in [3.63, 3.8) is 0 Å². The van der Waals surface area contributed by atoms with Gasteiger partial charge in [0.25, 0.3) is 0 Å². The topological polar surface area (TPSA) is 3.24 Å². The molecule has 0 bridgehead atoms. The second-order valence-electron chi connectivity index (χ2n) is 13.8. The number of anilines is 3. The molecular formula is C49H37N. The van der Waals surface area contributed by atoms with Gasteiger partial charge in [0.1, 0.15) is 0 Å². The molecule has 8 aromatic carbocycles. The molecule has 1 nitrogen and oxygen atoms in total. The van der Waals surface area contributed by atoms with Gasteiger partial charge in [0.15, 0.2) is 0 Å². The van der Waals surface area contributed by atoms with Crippen molar-refractivity contribution in [3.8, 4) is 44.5 Å². The summed E-state index contributed by atoms with van der Waals surface area (Å²) in [5.74, 6) is 0. The van der Waals surface area contributed by atoms with E-state index in [1.54, 1.807) is 0 Å². The lowest BCUT2D eigenvalue weighted by atomic mass is 9.81. The molecule has 1 aliphatic carbocycles. The Hall–Kier alpha value is -6.18. The van der Waals surface area contributed by atoms with E-state index < -0.39 is 0 Å². The Morgan fingerprint density at radius 3 is 1.40 bits per heavy atom. The Bertz CT molecular complexity index is 2470. The van der Waals surface area contributed by atoms with Crippen LogP contribution in [0.4, 0.5) is 17.1 Å². The molecule has 1 aliphatic rings. The lowest BCUT2D eigenvalue weighted by Crippen LogP contribution is -2.16. The van der Waals surface area contributed by atoms with Crippen molar-refractivity contribution in [1.82, 2.24) is 0 Å². The van der Waals surface area contributed by atoms with E-state index in [0.717, 1.165) is 11.4 Å². The number of nitrogens with zero attached hydrogens (tertiary/aromatic N) is 1. The van der Waals surface area contributed by atoms with E-state index in [9.17, 15) is 0 Å². The standard InChI is InChI=1S/C49H37N/c1-49(2)47-32-41(39-23-21-38(22-24-39)37-19-17-36(18-20-37)34-11-5-3-6-12-34)26-29-45(47)46-30-28-44(33-48(46)49)50(42-15-7-4-8-16-42)43-27-25-35-13-9-10-14-40(35)31-43/h3-33H,1-2H3. The zero-order valence-electron chi connectivity index (χ0n) is 28.3. The van der Waals surface area contributed by atoms with E-state index in [-0.39, 0.29) is 5.41 Å². The summed E-state index contributed by atoms with van der Waals surface area (Å²) in [5, 5.41) is 2.49. The smallest absolute Gasteiger partial charge is 0.0468 e. The predicted octanol–water partition coefficient (Wildman–Crippen LogP) is 13.6. The van der Waals surface area contributed by atoms with Crippen molar-refractivity contribution in [2.75, 3.05) is 4.90 Å². The van der Waals surface area contributed by atoms with Gasteiger partial charge in [-0.05, 0) is 109 Å². The van der Waals surface area contributed by atoms with Crippen LogP contribution in [0.2, 0.25) is 0 Å². The molecule has 238 valence electrons. The van der Waals surface area contributed by atoms with Crippen LogP contribution >= 0.6 is 0 Å². The van der Waals surface area contributed by atoms with Gasteiger partial charge in [-0.25, -0.2) is 0 Å². The first kappa shape index (κ1) is 29.9. The van der Waals surface area contributed by atoms with Gasteiger partial charge >= 0.3 is 0 Å². The van der Waals surface area contributed by atoms with Crippen LogP contribution in [0, 0.1) is 0 Å². The third-order valence-corrected chi connectivity index (χ3v) is 10.5. The molecule has 0 aromatic heterocycles. The average molecular weight is 640 g/mol. The van der Waals surface area contributed by atoms with E-state index in [0.29, 0.717) is 0 Å². The van der Waals surface area contributed by atoms with Gasteiger partial charge in [0.2, 0.25) is 0 Å². The Labute approximate surface area is 294 Å². The van der Waals surface area contributed by atoms with E-state index in [1.807, 2.05) is 0 Å². The minimum Gasteiger partial charge on any atom is -0.310 e. The predicted molar refractivity (Wildman–Crippen MR) is 213 cm³/mol. The van der Waals surface area contributed by atoms with Crippen LogP contribution in [-0.4, -0.2) is 0 Å². The molecular weight excluding hydrogens is 603 g/mol. The summed E-state index contributed by atoms with van der Waals surface area (Å²) >= 11 is 0. The molecule has 0 saturated heterocycles. The average Bonchev–Trinajstić information content (AvgIpc) is 3.40. The first-order valence-electron chi connectivity index (χ1n) is 17.4.